The minimum atomic E-state index is -0.248. The molecule has 102 valence electrons. The minimum absolute atomic E-state index is 0.193. The average molecular weight is 279 g/mol. The molecule has 0 aliphatic carbocycles. The molecule has 2 aromatic rings. The summed E-state index contributed by atoms with van der Waals surface area (Å²) in [6.07, 6.45) is 0. The van der Waals surface area contributed by atoms with Crippen LogP contribution in [0.25, 0.3) is 0 Å². The van der Waals surface area contributed by atoms with Gasteiger partial charge in [-0.05, 0) is 44.7 Å². The average Bonchev–Trinajstić information content (AvgIpc) is 2.71. The number of aryl methyl sites for hydroxylation is 2. The van der Waals surface area contributed by atoms with Crippen LogP contribution in [0.5, 0.6) is 5.75 Å². The summed E-state index contributed by atoms with van der Waals surface area (Å²) in [4.78, 5) is 2.42. The highest BCUT2D eigenvalue weighted by Gasteiger charge is 2.23. The Morgan fingerprint density at radius 2 is 2.05 bits per heavy atom. The van der Waals surface area contributed by atoms with Gasteiger partial charge in [-0.25, -0.2) is 4.39 Å². The number of rotatable bonds is 4. The zero-order chi connectivity index (χ0) is 14.0. The molecule has 2 nitrogen and oxygen atoms in total. The highest BCUT2D eigenvalue weighted by molar-refractivity contribution is 7.12. The molecule has 1 atom stereocenters. The maximum atomic E-state index is 14.2. The quantitative estimate of drug-likeness (QED) is 0.918. The van der Waals surface area contributed by atoms with Gasteiger partial charge in [-0.1, -0.05) is 6.07 Å². The molecule has 0 radical (unpaired) electrons. The molecule has 0 fully saturated rings. The molecule has 19 heavy (non-hydrogen) atoms. The molecule has 1 N–H and O–H groups in total. The molecule has 4 heteroatoms. The predicted octanol–water partition coefficient (Wildman–Crippen LogP) is 3.82. The highest BCUT2D eigenvalue weighted by atomic mass is 32.1. The lowest BCUT2D eigenvalue weighted by molar-refractivity contribution is 0.398. The second-order valence-corrected chi connectivity index (χ2v) is 5.91. The third-order valence-electron chi connectivity index (χ3n) is 3.20. The second kappa shape index (κ2) is 5.72. The topological polar surface area (TPSA) is 21.3 Å². The van der Waals surface area contributed by atoms with Gasteiger partial charge in [0.1, 0.15) is 11.6 Å². The first kappa shape index (κ1) is 14.0. The van der Waals surface area contributed by atoms with Crippen LogP contribution < -0.4 is 10.1 Å². The number of benzene rings is 1. The Morgan fingerprint density at radius 1 is 1.32 bits per heavy atom. The van der Waals surface area contributed by atoms with Crippen LogP contribution in [-0.4, -0.2) is 14.2 Å². The van der Waals surface area contributed by atoms with Crippen LogP contribution in [-0.2, 0) is 0 Å². The Kier molecular flexibility index (Phi) is 4.22. The maximum absolute atomic E-state index is 14.2. The molecule has 0 amide bonds. The molecular weight excluding hydrogens is 261 g/mol. The summed E-state index contributed by atoms with van der Waals surface area (Å²) in [5, 5.41) is 3.19. The van der Waals surface area contributed by atoms with E-state index >= 15 is 0 Å². The molecule has 0 spiro atoms. The van der Waals surface area contributed by atoms with Crippen molar-refractivity contribution >= 4 is 11.3 Å². The molecule has 0 bridgehead atoms. The van der Waals surface area contributed by atoms with Crippen LogP contribution in [0.4, 0.5) is 4.39 Å². The van der Waals surface area contributed by atoms with Crippen molar-refractivity contribution < 1.29 is 9.13 Å². The van der Waals surface area contributed by atoms with Crippen molar-refractivity contribution in [2.24, 2.45) is 0 Å². The summed E-state index contributed by atoms with van der Waals surface area (Å²) in [6.45, 7) is 4.12. The number of halogens is 1. The van der Waals surface area contributed by atoms with Crippen molar-refractivity contribution in [2.45, 2.75) is 19.9 Å². The van der Waals surface area contributed by atoms with Crippen molar-refractivity contribution in [3.63, 3.8) is 0 Å². The molecule has 0 saturated heterocycles. The van der Waals surface area contributed by atoms with E-state index in [2.05, 4.69) is 25.2 Å². The monoisotopic (exact) mass is 279 g/mol. The zero-order valence-electron chi connectivity index (χ0n) is 11.6. The number of hydrogen-bond donors (Lipinski definition) is 1. The summed E-state index contributed by atoms with van der Waals surface area (Å²) in [7, 11) is 3.40. The van der Waals surface area contributed by atoms with Gasteiger partial charge in [-0.2, -0.15) is 0 Å². The van der Waals surface area contributed by atoms with E-state index in [9.17, 15) is 4.39 Å². The van der Waals surface area contributed by atoms with Crippen molar-refractivity contribution in [1.29, 1.82) is 0 Å². The van der Waals surface area contributed by atoms with Gasteiger partial charge < -0.3 is 10.1 Å². The van der Waals surface area contributed by atoms with Crippen molar-refractivity contribution in [3.05, 3.63) is 51.0 Å². The van der Waals surface area contributed by atoms with E-state index in [4.69, 9.17) is 4.74 Å². The summed E-state index contributed by atoms with van der Waals surface area (Å²) < 4.78 is 19.5. The fourth-order valence-corrected chi connectivity index (χ4v) is 3.33. The third-order valence-corrected chi connectivity index (χ3v) is 4.18. The van der Waals surface area contributed by atoms with E-state index in [1.54, 1.807) is 30.6 Å². The molecule has 1 unspecified atom stereocenters. The predicted molar refractivity (Wildman–Crippen MR) is 77.6 cm³/mol. The van der Waals surface area contributed by atoms with Crippen LogP contribution in [0, 0.1) is 19.7 Å². The standard InChI is InChI=1S/C15H18FNOS/c1-9-8-11(10(2)19-9)15(17-3)14-12(16)6-5-7-13(14)18-4/h5-8,15,17H,1-4H3. The first-order valence-corrected chi connectivity index (χ1v) is 6.96. The highest BCUT2D eigenvalue weighted by Crippen LogP contribution is 2.36. The Labute approximate surface area is 117 Å². The smallest absolute Gasteiger partial charge is 0.132 e. The Morgan fingerprint density at radius 3 is 2.58 bits per heavy atom. The van der Waals surface area contributed by atoms with Gasteiger partial charge in [0.15, 0.2) is 0 Å². The van der Waals surface area contributed by atoms with E-state index in [0.29, 0.717) is 11.3 Å². The largest absolute Gasteiger partial charge is 0.496 e. The molecular formula is C15H18FNOS. The van der Waals surface area contributed by atoms with Gasteiger partial charge in [0, 0.05) is 9.75 Å². The maximum Gasteiger partial charge on any atom is 0.132 e. The molecule has 0 aliphatic rings. The van der Waals surface area contributed by atoms with Gasteiger partial charge in [-0.3, -0.25) is 0 Å². The van der Waals surface area contributed by atoms with Crippen LogP contribution in [0.1, 0.15) is 26.9 Å². The van der Waals surface area contributed by atoms with Gasteiger partial charge >= 0.3 is 0 Å². The van der Waals surface area contributed by atoms with Crippen molar-refractivity contribution in [3.8, 4) is 5.75 Å². The summed E-state index contributed by atoms with van der Waals surface area (Å²) in [6, 6.07) is 6.83. The van der Waals surface area contributed by atoms with E-state index < -0.39 is 0 Å². The van der Waals surface area contributed by atoms with E-state index in [-0.39, 0.29) is 11.9 Å². The Bertz CT molecular complexity index is 580. The van der Waals surface area contributed by atoms with Crippen molar-refractivity contribution in [2.75, 3.05) is 14.2 Å². The number of nitrogens with one attached hydrogen (secondary N) is 1. The van der Waals surface area contributed by atoms with Crippen LogP contribution in [0.15, 0.2) is 24.3 Å². The lowest BCUT2D eigenvalue weighted by Crippen LogP contribution is -2.20. The Hall–Kier alpha value is -1.39. The van der Waals surface area contributed by atoms with Gasteiger partial charge in [-0.15, -0.1) is 11.3 Å². The fourth-order valence-electron chi connectivity index (χ4n) is 2.37. The molecule has 0 saturated carbocycles. The van der Waals surface area contributed by atoms with E-state index in [0.717, 1.165) is 5.56 Å². The number of methoxy groups -OCH3 is 1. The number of hydrogen-bond acceptors (Lipinski definition) is 3. The van der Waals surface area contributed by atoms with E-state index in [1.807, 2.05) is 7.05 Å². The normalized spacial score (nSPS) is 12.5. The van der Waals surface area contributed by atoms with Crippen molar-refractivity contribution in [1.82, 2.24) is 5.32 Å². The fraction of sp³-hybridized carbons (Fsp3) is 0.333. The number of ether oxygens (including phenoxy) is 1. The first-order valence-electron chi connectivity index (χ1n) is 6.15. The Balaban J connectivity index is 2.57. The summed E-state index contributed by atoms with van der Waals surface area (Å²) in [5.74, 6) is 0.324. The summed E-state index contributed by atoms with van der Waals surface area (Å²) >= 11 is 1.72. The first-order chi connectivity index (χ1) is 9.08. The molecule has 2 rings (SSSR count). The lowest BCUT2D eigenvalue weighted by Gasteiger charge is -2.20. The zero-order valence-corrected chi connectivity index (χ0v) is 12.4. The van der Waals surface area contributed by atoms with Crippen LogP contribution >= 0.6 is 11.3 Å². The van der Waals surface area contributed by atoms with Gasteiger partial charge in [0.25, 0.3) is 0 Å². The van der Waals surface area contributed by atoms with Crippen LogP contribution in [0.3, 0.4) is 0 Å². The molecule has 0 aliphatic heterocycles. The summed E-state index contributed by atoms with van der Waals surface area (Å²) in [5.41, 5.74) is 1.67. The lowest BCUT2D eigenvalue weighted by atomic mass is 9.97. The molecule has 1 aromatic heterocycles. The minimum Gasteiger partial charge on any atom is -0.496 e. The third kappa shape index (κ3) is 2.65. The molecule has 1 aromatic carbocycles. The van der Waals surface area contributed by atoms with E-state index in [1.165, 1.54) is 15.8 Å². The molecule has 1 heterocycles. The van der Waals surface area contributed by atoms with Crippen LogP contribution in [0.2, 0.25) is 0 Å². The second-order valence-electron chi connectivity index (χ2n) is 4.45. The van der Waals surface area contributed by atoms with Gasteiger partial charge in [0.05, 0.1) is 18.7 Å². The number of thiophene rings is 1. The SMILES string of the molecule is CNC(c1cc(C)sc1C)c1c(F)cccc1OC. The van der Waals surface area contributed by atoms with Gasteiger partial charge in [0.2, 0.25) is 0 Å².